The Morgan fingerprint density at radius 3 is 2.63 bits per heavy atom. The smallest absolute Gasteiger partial charge is 0.0473 e. The minimum Gasteiger partial charge on any atom is -0.311 e. The zero-order valence-electron chi connectivity index (χ0n) is 12.2. The van der Waals surface area contributed by atoms with Gasteiger partial charge in [0.15, 0.2) is 0 Å². The van der Waals surface area contributed by atoms with Crippen LogP contribution < -0.4 is 5.32 Å². The molecule has 104 valence electrons. The summed E-state index contributed by atoms with van der Waals surface area (Å²) in [5, 5.41) is 3.64. The lowest BCUT2D eigenvalue weighted by Gasteiger charge is -2.47. The first-order valence-electron chi connectivity index (χ1n) is 7.69. The Labute approximate surface area is 117 Å². The number of nitrogens with one attached hydrogen (secondary N) is 1. The highest BCUT2D eigenvalue weighted by atomic mass is 15.2. The van der Waals surface area contributed by atoms with Crippen molar-refractivity contribution in [1.29, 1.82) is 0 Å². The van der Waals surface area contributed by atoms with Crippen LogP contribution in [0.5, 0.6) is 0 Å². The van der Waals surface area contributed by atoms with E-state index in [0.29, 0.717) is 17.5 Å². The molecule has 1 saturated heterocycles. The Bertz CT molecular complexity index is 411. The molecule has 0 bridgehead atoms. The van der Waals surface area contributed by atoms with Gasteiger partial charge in [-0.05, 0) is 30.7 Å². The molecule has 0 radical (unpaired) electrons. The second kappa shape index (κ2) is 5.26. The highest BCUT2D eigenvalue weighted by Crippen LogP contribution is 2.42. The molecule has 1 N–H and O–H groups in total. The van der Waals surface area contributed by atoms with Crippen LogP contribution in [0.25, 0.3) is 0 Å². The van der Waals surface area contributed by atoms with Crippen molar-refractivity contribution in [3.05, 3.63) is 35.9 Å². The Balaban J connectivity index is 1.76. The van der Waals surface area contributed by atoms with E-state index in [2.05, 4.69) is 54.4 Å². The van der Waals surface area contributed by atoms with Crippen molar-refractivity contribution in [3.63, 3.8) is 0 Å². The minimum atomic E-state index is 0.551. The number of hydrogen-bond acceptors (Lipinski definition) is 2. The molecular weight excluding hydrogens is 232 g/mol. The molecule has 2 fully saturated rings. The van der Waals surface area contributed by atoms with E-state index in [0.717, 1.165) is 6.54 Å². The van der Waals surface area contributed by atoms with E-state index in [1.807, 2.05) is 0 Å². The van der Waals surface area contributed by atoms with Crippen LogP contribution in [0.3, 0.4) is 0 Å². The summed E-state index contributed by atoms with van der Waals surface area (Å²) in [6.07, 6.45) is 4.24. The van der Waals surface area contributed by atoms with E-state index in [-0.39, 0.29) is 0 Å². The molecule has 1 saturated carbocycles. The molecule has 3 rings (SSSR count). The van der Waals surface area contributed by atoms with Gasteiger partial charge in [0.05, 0.1) is 0 Å². The Morgan fingerprint density at radius 1 is 1.26 bits per heavy atom. The molecule has 19 heavy (non-hydrogen) atoms. The van der Waals surface area contributed by atoms with Crippen LogP contribution in [-0.4, -0.2) is 30.6 Å². The van der Waals surface area contributed by atoms with Gasteiger partial charge in [-0.3, -0.25) is 4.90 Å². The molecule has 0 aromatic heterocycles. The fourth-order valence-electron chi connectivity index (χ4n) is 3.59. The predicted molar refractivity (Wildman–Crippen MR) is 80.2 cm³/mol. The van der Waals surface area contributed by atoms with Crippen LogP contribution in [0.4, 0.5) is 0 Å². The van der Waals surface area contributed by atoms with Crippen LogP contribution >= 0.6 is 0 Å². The lowest BCUT2D eigenvalue weighted by Crippen LogP contribution is -2.54. The van der Waals surface area contributed by atoms with Crippen LogP contribution in [0.1, 0.15) is 44.7 Å². The van der Waals surface area contributed by atoms with Gasteiger partial charge < -0.3 is 5.32 Å². The third-order valence-electron chi connectivity index (χ3n) is 4.94. The van der Waals surface area contributed by atoms with E-state index >= 15 is 0 Å². The van der Waals surface area contributed by atoms with E-state index in [4.69, 9.17) is 0 Å². The first kappa shape index (κ1) is 13.1. The third-order valence-corrected chi connectivity index (χ3v) is 4.94. The van der Waals surface area contributed by atoms with Gasteiger partial charge in [0.25, 0.3) is 0 Å². The molecule has 2 atom stereocenters. The molecule has 2 unspecified atom stereocenters. The zero-order valence-corrected chi connectivity index (χ0v) is 12.2. The standard InChI is InChI=1S/C17H26N2/c1-14-12-19(13-17(2)9-6-10-17)16(11-18-14)15-7-4-3-5-8-15/h3-5,7-8,14,16,18H,6,9-13H2,1-2H3. The summed E-state index contributed by atoms with van der Waals surface area (Å²) in [7, 11) is 0. The Hall–Kier alpha value is -0.860. The molecule has 1 aromatic carbocycles. The molecule has 1 aliphatic carbocycles. The van der Waals surface area contributed by atoms with Gasteiger partial charge in [-0.15, -0.1) is 0 Å². The van der Waals surface area contributed by atoms with Gasteiger partial charge in [-0.2, -0.15) is 0 Å². The van der Waals surface area contributed by atoms with Crippen molar-refractivity contribution in [1.82, 2.24) is 10.2 Å². The normalized spacial score (nSPS) is 30.8. The summed E-state index contributed by atoms with van der Waals surface area (Å²) in [4.78, 5) is 2.72. The average molecular weight is 258 g/mol. The van der Waals surface area contributed by atoms with Gasteiger partial charge in [0.2, 0.25) is 0 Å². The molecular formula is C17H26N2. The van der Waals surface area contributed by atoms with Crippen molar-refractivity contribution >= 4 is 0 Å². The highest BCUT2D eigenvalue weighted by Gasteiger charge is 2.37. The first-order valence-corrected chi connectivity index (χ1v) is 7.69. The minimum absolute atomic E-state index is 0.551. The summed E-state index contributed by atoms with van der Waals surface area (Å²) >= 11 is 0. The maximum Gasteiger partial charge on any atom is 0.0473 e. The van der Waals surface area contributed by atoms with Gasteiger partial charge in [-0.1, -0.05) is 43.7 Å². The maximum absolute atomic E-state index is 3.64. The second-order valence-corrected chi connectivity index (χ2v) is 6.83. The van der Waals surface area contributed by atoms with E-state index < -0.39 is 0 Å². The molecule has 2 nitrogen and oxygen atoms in total. The van der Waals surface area contributed by atoms with Crippen molar-refractivity contribution in [2.75, 3.05) is 19.6 Å². The van der Waals surface area contributed by atoms with Gasteiger partial charge in [0, 0.05) is 31.7 Å². The molecule has 0 amide bonds. The first-order chi connectivity index (χ1) is 9.16. The number of nitrogens with zero attached hydrogens (tertiary/aromatic N) is 1. The van der Waals surface area contributed by atoms with Crippen LogP contribution in [0.15, 0.2) is 30.3 Å². The number of piperazine rings is 1. The van der Waals surface area contributed by atoms with Crippen molar-refractivity contribution < 1.29 is 0 Å². The number of hydrogen-bond donors (Lipinski definition) is 1. The lowest BCUT2D eigenvalue weighted by atomic mass is 9.70. The summed E-state index contributed by atoms with van der Waals surface area (Å²) < 4.78 is 0. The largest absolute Gasteiger partial charge is 0.311 e. The van der Waals surface area contributed by atoms with Crippen molar-refractivity contribution in [2.24, 2.45) is 5.41 Å². The lowest BCUT2D eigenvalue weighted by molar-refractivity contribution is 0.0375. The molecule has 1 heterocycles. The Kier molecular flexibility index (Phi) is 3.64. The zero-order chi connectivity index (χ0) is 13.3. The second-order valence-electron chi connectivity index (χ2n) is 6.83. The highest BCUT2D eigenvalue weighted by molar-refractivity contribution is 5.20. The van der Waals surface area contributed by atoms with E-state index in [1.54, 1.807) is 0 Å². The SMILES string of the molecule is CC1CN(CC2(C)CCC2)C(c2ccccc2)CN1. The van der Waals surface area contributed by atoms with Gasteiger partial charge in [0.1, 0.15) is 0 Å². The van der Waals surface area contributed by atoms with Gasteiger partial charge >= 0.3 is 0 Å². The summed E-state index contributed by atoms with van der Waals surface area (Å²) in [6, 6.07) is 12.2. The topological polar surface area (TPSA) is 15.3 Å². The summed E-state index contributed by atoms with van der Waals surface area (Å²) in [5.74, 6) is 0. The van der Waals surface area contributed by atoms with Crippen LogP contribution in [-0.2, 0) is 0 Å². The molecule has 0 spiro atoms. The van der Waals surface area contributed by atoms with Crippen LogP contribution in [0.2, 0.25) is 0 Å². The summed E-state index contributed by atoms with van der Waals surface area (Å²) in [6.45, 7) is 8.29. The van der Waals surface area contributed by atoms with Gasteiger partial charge in [-0.25, -0.2) is 0 Å². The van der Waals surface area contributed by atoms with Crippen LogP contribution in [0, 0.1) is 5.41 Å². The maximum atomic E-state index is 3.64. The number of rotatable bonds is 3. The molecule has 1 aromatic rings. The molecule has 2 aliphatic rings. The monoisotopic (exact) mass is 258 g/mol. The quantitative estimate of drug-likeness (QED) is 0.895. The fourth-order valence-corrected chi connectivity index (χ4v) is 3.59. The van der Waals surface area contributed by atoms with Crippen molar-refractivity contribution in [2.45, 2.75) is 45.2 Å². The fraction of sp³-hybridized carbons (Fsp3) is 0.647. The molecule has 1 aliphatic heterocycles. The van der Waals surface area contributed by atoms with E-state index in [1.165, 1.54) is 37.9 Å². The number of benzene rings is 1. The summed E-state index contributed by atoms with van der Waals surface area (Å²) in [5.41, 5.74) is 2.04. The van der Waals surface area contributed by atoms with Crippen molar-refractivity contribution in [3.8, 4) is 0 Å². The predicted octanol–water partition coefficient (Wildman–Crippen LogP) is 3.21. The average Bonchev–Trinajstić information content (AvgIpc) is 2.38. The third kappa shape index (κ3) is 2.85. The molecule has 2 heteroatoms. The van der Waals surface area contributed by atoms with E-state index in [9.17, 15) is 0 Å². The Morgan fingerprint density at radius 2 is 2.00 bits per heavy atom.